The van der Waals surface area contributed by atoms with Gasteiger partial charge in [0.15, 0.2) is 0 Å². The highest BCUT2D eigenvalue weighted by atomic mass is 16.3. The molecule has 4 nitrogen and oxygen atoms in total. The van der Waals surface area contributed by atoms with Gasteiger partial charge in [-0.1, -0.05) is 0 Å². The summed E-state index contributed by atoms with van der Waals surface area (Å²) in [5, 5.41) is 13.6. The fraction of sp³-hybridized carbons (Fsp3) is 0.812. The van der Waals surface area contributed by atoms with Gasteiger partial charge in [0.1, 0.15) is 0 Å². The molecule has 1 heterocycles. The molecule has 4 heteroatoms. The van der Waals surface area contributed by atoms with Crippen LogP contribution in [0.3, 0.4) is 0 Å². The first-order valence-corrected chi connectivity index (χ1v) is 8.11. The van der Waals surface area contributed by atoms with Crippen LogP contribution < -0.4 is 5.73 Å². The number of aromatic nitrogens is 2. The molecule has 110 valence electrons. The normalized spacial score (nSPS) is 40.2. The van der Waals surface area contributed by atoms with Crippen LogP contribution in [0.5, 0.6) is 0 Å². The second-order valence-corrected chi connectivity index (χ2v) is 7.38. The summed E-state index contributed by atoms with van der Waals surface area (Å²) < 4.78 is 2.07. The monoisotopic (exact) mass is 275 g/mol. The van der Waals surface area contributed by atoms with Crippen molar-refractivity contribution in [2.75, 3.05) is 6.61 Å². The molecule has 5 rings (SSSR count). The van der Waals surface area contributed by atoms with Gasteiger partial charge in [-0.05, 0) is 61.7 Å². The molecule has 4 aliphatic carbocycles. The van der Waals surface area contributed by atoms with Crippen molar-refractivity contribution in [3.05, 3.63) is 18.0 Å². The van der Waals surface area contributed by atoms with E-state index in [4.69, 9.17) is 10.8 Å². The van der Waals surface area contributed by atoms with E-state index in [1.165, 1.54) is 32.1 Å². The standard InChI is InChI=1S/C16H25N3O/c17-16(9-20)14-6-18-19(7-14)8-15-12-2-10-1-11(4-12)5-13(15)3-10/h6-7,10-13,15-16,20H,1-5,8-9,17H2. The number of hydrogen-bond donors (Lipinski definition) is 2. The van der Waals surface area contributed by atoms with E-state index < -0.39 is 0 Å². The number of hydrogen-bond acceptors (Lipinski definition) is 3. The highest BCUT2D eigenvalue weighted by Gasteiger charge is 2.48. The van der Waals surface area contributed by atoms with Crippen molar-refractivity contribution < 1.29 is 5.11 Å². The summed E-state index contributed by atoms with van der Waals surface area (Å²) in [6, 6.07) is -0.290. The van der Waals surface area contributed by atoms with Gasteiger partial charge in [-0.2, -0.15) is 5.10 Å². The van der Waals surface area contributed by atoms with E-state index in [0.717, 1.165) is 41.7 Å². The SMILES string of the molecule is NC(CO)c1cnn(CC2C3CC4CC(C3)CC2C4)c1. The first kappa shape index (κ1) is 12.8. The Morgan fingerprint density at radius 2 is 1.85 bits per heavy atom. The van der Waals surface area contributed by atoms with E-state index in [1.807, 2.05) is 12.4 Å². The molecule has 1 atom stereocenters. The molecule has 0 saturated heterocycles. The molecule has 0 spiro atoms. The van der Waals surface area contributed by atoms with Crippen LogP contribution in [0.15, 0.2) is 12.4 Å². The third-order valence-corrected chi connectivity index (χ3v) is 6.10. The van der Waals surface area contributed by atoms with E-state index in [-0.39, 0.29) is 12.6 Å². The second kappa shape index (κ2) is 4.85. The van der Waals surface area contributed by atoms with Gasteiger partial charge >= 0.3 is 0 Å². The highest BCUT2D eigenvalue weighted by molar-refractivity contribution is 5.10. The maximum atomic E-state index is 9.12. The number of aliphatic hydroxyl groups excluding tert-OH is 1. The highest BCUT2D eigenvalue weighted by Crippen LogP contribution is 2.56. The first-order chi connectivity index (χ1) is 9.72. The number of rotatable bonds is 4. The average molecular weight is 275 g/mol. The minimum absolute atomic E-state index is 0.0102. The molecule has 20 heavy (non-hydrogen) atoms. The van der Waals surface area contributed by atoms with Gasteiger partial charge in [-0.15, -0.1) is 0 Å². The van der Waals surface area contributed by atoms with Gasteiger partial charge in [0, 0.05) is 18.3 Å². The van der Waals surface area contributed by atoms with Crippen LogP contribution in [0.4, 0.5) is 0 Å². The topological polar surface area (TPSA) is 64.1 Å². The second-order valence-electron chi connectivity index (χ2n) is 7.38. The number of nitrogens with two attached hydrogens (primary N) is 1. The van der Waals surface area contributed by atoms with Crippen LogP contribution in [0.2, 0.25) is 0 Å². The van der Waals surface area contributed by atoms with E-state index in [0.29, 0.717) is 0 Å². The van der Waals surface area contributed by atoms with Gasteiger partial charge in [-0.3, -0.25) is 4.68 Å². The average Bonchev–Trinajstić information content (AvgIpc) is 2.90. The third kappa shape index (κ3) is 2.09. The summed E-state index contributed by atoms with van der Waals surface area (Å²) in [4.78, 5) is 0. The van der Waals surface area contributed by atoms with Crippen LogP contribution in [-0.2, 0) is 6.54 Å². The van der Waals surface area contributed by atoms with E-state index in [9.17, 15) is 0 Å². The van der Waals surface area contributed by atoms with Gasteiger partial charge < -0.3 is 10.8 Å². The van der Waals surface area contributed by atoms with Gasteiger partial charge in [0.2, 0.25) is 0 Å². The molecule has 0 radical (unpaired) electrons. The molecule has 0 amide bonds. The lowest BCUT2D eigenvalue weighted by atomic mass is 9.52. The van der Waals surface area contributed by atoms with Crippen LogP contribution in [0.1, 0.15) is 43.7 Å². The van der Waals surface area contributed by atoms with Crippen molar-refractivity contribution in [3.63, 3.8) is 0 Å². The molecule has 0 aliphatic heterocycles. The predicted molar refractivity (Wildman–Crippen MR) is 76.8 cm³/mol. The lowest BCUT2D eigenvalue weighted by Crippen LogP contribution is -2.46. The predicted octanol–water partition coefficient (Wildman–Crippen LogP) is 1.95. The number of nitrogens with zero attached hydrogens (tertiary/aromatic N) is 2. The Morgan fingerprint density at radius 3 is 2.45 bits per heavy atom. The quantitative estimate of drug-likeness (QED) is 0.882. The van der Waals surface area contributed by atoms with Crippen molar-refractivity contribution in [2.24, 2.45) is 35.3 Å². The maximum Gasteiger partial charge on any atom is 0.0625 e. The van der Waals surface area contributed by atoms with Crippen molar-refractivity contribution in [2.45, 2.75) is 44.7 Å². The molecule has 4 aliphatic rings. The third-order valence-electron chi connectivity index (χ3n) is 6.10. The molecule has 0 aromatic carbocycles. The van der Waals surface area contributed by atoms with Gasteiger partial charge in [-0.25, -0.2) is 0 Å². The minimum atomic E-state index is -0.290. The Kier molecular flexibility index (Phi) is 3.11. The smallest absolute Gasteiger partial charge is 0.0625 e. The zero-order valence-electron chi connectivity index (χ0n) is 12.0. The Hall–Kier alpha value is -0.870. The summed E-state index contributed by atoms with van der Waals surface area (Å²) in [5.74, 6) is 4.76. The first-order valence-electron chi connectivity index (χ1n) is 8.11. The van der Waals surface area contributed by atoms with Crippen molar-refractivity contribution in [1.29, 1.82) is 0 Å². The fourth-order valence-corrected chi connectivity index (χ4v) is 5.33. The summed E-state index contributed by atoms with van der Waals surface area (Å²) in [7, 11) is 0. The maximum absolute atomic E-state index is 9.12. The largest absolute Gasteiger partial charge is 0.394 e. The summed E-state index contributed by atoms with van der Waals surface area (Å²) in [6.45, 7) is 1.04. The molecule has 1 aromatic heterocycles. The molecule has 3 N–H and O–H groups in total. The van der Waals surface area contributed by atoms with E-state index in [2.05, 4.69) is 9.78 Å². The molecule has 4 fully saturated rings. The Bertz CT molecular complexity index is 456. The Balaban J connectivity index is 1.48. The fourth-order valence-electron chi connectivity index (χ4n) is 5.33. The van der Waals surface area contributed by atoms with Crippen molar-refractivity contribution in [1.82, 2.24) is 9.78 Å². The summed E-state index contributed by atoms with van der Waals surface area (Å²) in [5.41, 5.74) is 6.81. The molecule has 4 saturated carbocycles. The zero-order valence-corrected chi connectivity index (χ0v) is 12.0. The zero-order chi connectivity index (χ0) is 13.7. The summed E-state index contributed by atoms with van der Waals surface area (Å²) in [6.07, 6.45) is 11.2. The molecular formula is C16H25N3O. The Labute approximate surface area is 120 Å². The van der Waals surface area contributed by atoms with Crippen molar-refractivity contribution >= 4 is 0 Å². The van der Waals surface area contributed by atoms with Crippen LogP contribution in [0.25, 0.3) is 0 Å². The van der Waals surface area contributed by atoms with E-state index in [1.54, 1.807) is 0 Å². The summed E-state index contributed by atoms with van der Waals surface area (Å²) >= 11 is 0. The number of aliphatic hydroxyl groups is 1. The molecule has 4 bridgehead atoms. The molecular weight excluding hydrogens is 250 g/mol. The van der Waals surface area contributed by atoms with Gasteiger partial charge in [0.25, 0.3) is 0 Å². The van der Waals surface area contributed by atoms with E-state index >= 15 is 0 Å². The lowest BCUT2D eigenvalue weighted by Gasteiger charge is -2.54. The minimum Gasteiger partial charge on any atom is -0.394 e. The van der Waals surface area contributed by atoms with Crippen molar-refractivity contribution in [3.8, 4) is 0 Å². The van der Waals surface area contributed by atoms with Crippen LogP contribution in [0, 0.1) is 29.6 Å². The Morgan fingerprint density at radius 1 is 1.20 bits per heavy atom. The van der Waals surface area contributed by atoms with Gasteiger partial charge in [0.05, 0.1) is 18.8 Å². The molecule has 1 unspecified atom stereocenters. The van der Waals surface area contributed by atoms with Crippen LogP contribution in [-0.4, -0.2) is 21.5 Å². The van der Waals surface area contributed by atoms with Crippen LogP contribution >= 0.6 is 0 Å². The molecule has 1 aromatic rings. The lowest BCUT2D eigenvalue weighted by molar-refractivity contribution is -0.0442.